The molecule has 0 saturated heterocycles. The van der Waals surface area contributed by atoms with Crippen LogP contribution in [0.1, 0.15) is 18.5 Å². The van der Waals surface area contributed by atoms with E-state index in [9.17, 15) is 5.11 Å². The Morgan fingerprint density at radius 2 is 2.25 bits per heavy atom. The first-order chi connectivity index (χ1) is 9.61. The number of nitrogens with two attached hydrogens (primary N) is 1. The molecule has 106 valence electrons. The van der Waals surface area contributed by atoms with Crippen LogP contribution in [0.3, 0.4) is 0 Å². The third kappa shape index (κ3) is 3.25. The molecule has 2 heterocycles. The van der Waals surface area contributed by atoms with Crippen molar-refractivity contribution >= 4 is 28.8 Å². The highest BCUT2D eigenvalue weighted by Gasteiger charge is 2.06. The zero-order valence-electron chi connectivity index (χ0n) is 11.2. The molecule has 7 nitrogen and oxygen atoms in total. The lowest BCUT2D eigenvalue weighted by molar-refractivity contribution is 0.0902. The van der Waals surface area contributed by atoms with Crippen molar-refractivity contribution in [3.8, 4) is 0 Å². The van der Waals surface area contributed by atoms with Gasteiger partial charge in [-0.25, -0.2) is 15.0 Å². The normalized spacial score (nSPS) is 13.2. The highest BCUT2D eigenvalue weighted by Crippen LogP contribution is 2.24. The number of aliphatic hydroxyl groups excluding tert-OH is 2. The Labute approximate surface area is 116 Å². The van der Waals surface area contributed by atoms with Crippen LogP contribution in [0.2, 0.25) is 0 Å². The van der Waals surface area contributed by atoms with E-state index in [2.05, 4.69) is 19.9 Å². The second kappa shape index (κ2) is 6.36. The standard InChI is InChI=1S/C13H17N5O2/c1-8-11(15-4-2-3-9(20)6-19)5-10-12(14)16-7-17-13(10)18-8/h4-5,7,9,19-20H,2-3,6H2,1H3,(H2,14,16,17,18)/b15-4-/t9-/m0/s1. The molecule has 0 spiro atoms. The van der Waals surface area contributed by atoms with Crippen LogP contribution in [0.4, 0.5) is 11.5 Å². The summed E-state index contributed by atoms with van der Waals surface area (Å²) in [6, 6.07) is 1.80. The molecular weight excluding hydrogens is 258 g/mol. The molecule has 0 aliphatic rings. The number of aliphatic imine (C=N–C) groups is 1. The molecule has 4 N–H and O–H groups in total. The zero-order chi connectivity index (χ0) is 14.5. The Kier molecular flexibility index (Phi) is 4.54. The largest absolute Gasteiger partial charge is 0.394 e. The summed E-state index contributed by atoms with van der Waals surface area (Å²) < 4.78 is 0. The molecule has 1 atom stereocenters. The van der Waals surface area contributed by atoms with Crippen molar-refractivity contribution in [3.05, 3.63) is 18.1 Å². The number of nitrogens with zero attached hydrogens (tertiary/aromatic N) is 4. The van der Waals surface area contributed by atoms with E-state index in [1.165, 1.54) is 6.33 Å². The van der Waals surface area contributed by atoms with Crippen LogP contribution in [0.25, 0.3) is 11.0 Å². The minimum atomic E-state index is -0.707. The first kappa shape index (κ1) is 14.3. The van der Waals surface area contributed by atoms with Gasteiger partial charge in [0.25, 0.3) is 0 Å². The quantitative estimate of drug-likeness (QED) is 0.693. The lowest BCUT2D eigenvalue weighted by Gasteiger charge is -2.05. The first-order valence-electron chi connectivity index (χ1n) is 6.31. The fourth-order valence-electron chi connectivity index (χ4n) is 1.74. The summed E-state index contributed by atoms with van der Waals surface area (Å²) in [6.45, 7) is 1.60. The predicted octanol–water partition coefficient (Wildman–Crippen LogP) is 0.751. The maximum Gasteiger partial charge on any atom is 0.165 e. The molecule has 0 aliphatic heterocycles. The predicted molar refractivity (Wildman–Crippen MR) is 77.0 cm³/mol. The second-order valence-corrected chi connectivity index (χ2v) is 4.45. The number of rotatable bonds is 5. The maximum atomic E-state index is 9.23. The fourth-order valence-corrected chi connectivity index (χ4v) is 1.74. The molecule has 0 amide bonds. The zero-order valence-corrected chi connectivity index (χ0v) is 11.2. The Hall–Kier alpha value is -2.12. The molecular formula is C13H17N5O2. The fraction of sp³-hybridized carbons (Fsp3) is 0.385. The number of nitrogen functional groups attached to an aromatic ring is 1. The van der Waals surface area contributed by atoms with Crippen molar-refractivity contribution in [1.82, 2.24) is 15.0 Å². The Morgan fingerprint density at radius 1 is 1.45 bits per heavy atom. The van der Waals surface area contributed by atoms with Crippen molar-refractivity contribution in [3.63, 3.8) is 0 Å². The van der Waals surface area contributed by atoms with E-state index < -0.39 is 6.10 Å². The highest BCUT2D eigenvalue weighted by atomic mass is 16.3. The number of aromatic nitrogens is 3. The first-order valence-corrected chi connectivity index (χ1v) is 6.31. The average Bonchev–Trinajstić information content (AvgIpc) is 2.44. The van der Waals surface area contributed by atoms with E-state index in [0.717, 1.165) is 5.69 Å². The van der Waals surface area contributed by atoms with Crippen LogP contribution in [0.5, 0.6) is 0 Å². The third-order valence-corrected chi connectivity index (χ3v) is 2.89. The van der Waals surface area contributed by atoms with Crippen LogP contribution in [-0.4, -0.2) is 44.1 Å². The number of fused-ring (bicyclic) bond motifs is 1. The molecule has 0 bridgehead atoms. The number of pyridine rings is 1. The summed E-state index contributed by atoms with van der Waals surface area (Å²) in [5.74, 6) is 0.370. The van der Waals surface area contributed by atoms with Gasteiger partial charge in [0.15, 0.2) is 5.65 Å². The smallest absolute Gasteiger partial charge is 0.165 e. The minimum absolute atomic E-state index is 0.238. The number of anilines is 1. The Bertz CT molecular complexity index is 629. The van der Waals surface area contributed by atoms with Crippen molar-refractivity contribution in [2.24, 2.45) is 4.99 Å². The maximum absolute atomic E-state index is 9.23. The Balaban J connectivity index is 2.19. The summed E-state index contributed by atoms with van der Waals surface area (Å²) in [7, 11) is 0. The van der Waals surface area contributed by atoms with Gasteiger partial charge in [0, 0.05) is 6.21 Å². The molecule has 0 unspecified atom stereocenters. The van der Waals surface area contributed by atoms with E-state index >= 15 is 0 Å². The SMILES string of the molecule is Cc1nc2ncnc(N)c2cc1/N=C\CC[C@H](O)CO. The van der Waals surface area contributed by atoms with E-state index in [4.69, 9.17) is 10.8 Å². The minimum Gasteiger partial charge on any atom is -0.394 e. The highest BCUT2D eigenvalue weighted by molar-refractivity contribution is 5.88. The van der Waals surface area contributed by atoms with Crippen molar-refractivity contribution in [2.45, 2.75) is 25.9 Å². The van der Waals surface area contributed by atoms with Crippen LogP contribution in [-0.2, 0) is 0 Å². The van der Waals surface area contributed by atoms with Crippen LogP contribution >= 0.6 is 0 Å². The molecule has 0 fully saturated rings. The lowest BCUT2D eigenvalue weighted by Crippen LogP contribution is -2.11. The summed E-state index contributed by atoms with van der Waals surface area (Å²) in [4.78, 5) is 16.6. The van der Waals surface area contributed by atoms with Gasteiger partial charge in [0.1, 0.15) is 12.1 Å². The third-order valence-electron chi connectivity index (χ3n) is 2.89. The summed E-state index contributed by atoms with van der Waals surface area (Å²) >= 11 is 0. The molecule has 0 aromatic carbocycles. The van der Waals surface area contributed by atoms with E-state index in [-0.39, 0.29) is 6.61 Å². The van der Waals surface area contributed by atoms with Crippen molar-refractivity contribution < 1.29 is 10.2 Å². The molecule has 2 rings (SSSR count). The van der Waals surface area contributed by atoms with Crippen LogP contribution < -0.4 is 5.73 Å². The number of aryl methyl sites for hydroxylation is 1. The van der Waals surface area contributed by atoms with Gasteiger partial charge < -0.3 is 15.9 Å². The van der Waals surface area contributed by atoms with Gasteiger partial charge in [-0.3, -0.25) is 4.99 Å². The van der Waals surface area contributed by atoms with Crippen LogP contribution in [0.15, 0.2) is 17.4 Å². The van der Waals surface area contributed by atoms with Gasteiger partial charge in [-0.05, 0) is 25.8 Å². The molecule has 2 aromatic rings. The molecule has 0 saturated carbocycles. The van der Waals surface area contributed by atoms with Gasteiger partial charge >= 0.3 is 0 Å². The van der Waals surface area contributed by atoms with Crippen molar-refractivity contribution in [2.75, 3.05) is 12.3 Å². The van der Waals surface area contributed by atoms with E-state index in [0.29, 0.717) is 35.4 Å². The molecule has 7 heteroatoms. The molecule has 20 heavy (non-hydrogen) atoms. The monoisotopic (exact) mass is 275 g/mol. The molecule has 0 radical (unpaired) electrons. The summed E-state index contributed by atoms with van der Waals surface area (Å²) in [6.07, 6.45) is 3.39. The number of aliphatic hydroxyl groups is 2. The second-order valence-electron chi connectivity index (χ2n) is 4.45. The molecule has 0 aliphatic carbocycles. The number of hydrogen-bond acceptors (Lipinski definition) is 7. The van der Waals surface area contributed by atoms with Crippen LogP contribution in [0, 0.1) is 6.92 Å². The number of hydrogen-bond donors (Lipinski definition) is 3. The van der Waals surface area contributed by atoms with Gasteiger partial charge in [-0.15, -0.1) is 0 Å². The summed E-state index contributed by atoms with van der Waals surface area (Å²) in [5.41, 5.74) is 7.77. The van der Waals surface area contributed by atoms with E-state index in [1.54, 1.807) is 12.3 Å². The van der Waals surface area contributed by atoms with Gasteiger partial charge in [0.2, 0.25) is 0 Å². The summed E-state index contributed by atoms with van der Waals surface area (Å²) in [5, 5.41) is 18.6. The lowest BCUT2D eigenvalue weighted by atomic mass is 10.2. The molecule has 2 aromatic heterocycles. The van der Waals surface area contributed by atoms with Gasteiger partial charge in [-0.1, -0.05) is 0 Å². The van der Waals surface area contributed by atoms with Crippen molar-refractivity contribution in [1.29, 1.82) is 0 Å². The topological polar surface area (TPSA) is 118 Å². The van der Waals surface area contributed by atoms with Gasteiger partial charge in [-0.2, -0.15) is 0 Å². The van der Waals surface area contributed by atoms with E-state index in [1.807, 2.05) is 6.92 Å². The average molecular weight is 275 g/mol. The van der Waals surface area contributed by atoms with Gasteiger partial charge in [0.05, 0.1) is 29.5 Å². The Morgan fingerprint density at radius 3 is 3.00 bits per heavy atom.